The van der Waals surface area contributed by atoms with Crippen molar-refractivity contribution in [2.75, 3.05) is 18.5 Å². The molecule has 0 radical (unpaired) electrons. The predicted molar refractivity (Wildman–Crippen MR) is 118 cm³/mol. The van der Waals surface area contributed by atoms with E-state index in [-0.39, 0.29) is 18.0 Å². The molecule has 160 valence electrons. The molecule has 0 bridgehead atoms. The van der Waals surface area contributed by atoms with E-state index in [2.05, 4.69) is 26.8 Å². The largest absolute Gasteiger partial charge is 0.381 e. The number of nitrogens with zero attached hydrogens (tertiary/aromatic N) is 4. The summed E-state index contributed by atoms with van der Waals surface area (Å²) in [5.74, 6) is -0.219. The van der Waals surface area contributed by atoms with Gasteiger partial charge < -0.3 is 15.4 Å². The van der Waals surface area contributed by atoms with Gasteiger partial charge in [-0.05, 0) is 44.4 Å². The number of anilines is 1. The Balaban J connectivity index is 1.65. The Hall–Kier alpha value is -3.44. The highest BCUT2D eigenvalue weighted by Gasteiger charge is 2.23. The van der Waals surface area contributed by atoms with E-state index in [0.29, 0.717) is 30.9 Å². The maximum absolute atomic E-state index is 13.3. The highest BCUT2D eigenvalue weighted by molar-refractivity contribution is 6.06. The van der Waals surface area contributed by atoms with Crippen LogP contribution in [0.5, 0.6) is 0 Å². The van der Waals surface area contributed by atoms with Crippen LogP contribution >= 0.6 is 0 Å². The van der Waals surface area contributed by atoms with Crippen LogP contribution < -0.4 is 10.6 Å². The Morgan fingerprint density at radius 3 is 2.90 bits per heavy atom. The molecular formula is C23H26N6O2. The smallest absolute Gasteiger partial charge is 0.255 e. The second-order valence-corrected chi connectivity index (χ2v) is 7.71. The molecule has 1 atom stereocenters. The molecule has 1 aliphatic heterocycles. The van der Waals surface area contributed by atoms with Crippen molar-refractivity contribution in [2.45, 2.75) is 45.3 Å². The number of carbonyl (C=O) groups excluding carboxylic acids is 1. The average molecular weight is 419 g/mol. The molecule has 0 spiro atoms. The number of amides is 1. The average Bonchev–Trinajstić information content (AvgIpc) is 3.23. The third-order valence-corrected chi connectivity index (χ3v) is 5.64. The maximum Gasteiger partial charge on any atom is 0.255 e. The summed E-state index contributed by atoms with van der Waals surface area (Å²) in [4.78, 5) is 17.8. The van der Waals surface area contributed by atoms with E-state index in [1.807, 2.05) is 30.7 Å². The molecule has 8 nitrogen and oxygen atoms in total. The lowest BCUT2D eigenvalue weighted by Gasteiger charge is -2.26. The fraction of sp³-hybridized carbons (Fsp3) is 0.391. The Labute approximate surface area is 181 Å². The van der Waals surface area contributed by atoms with Crippen LogP contribution in [0.15, 0.2) is 36.7 Å². The van der Waals surface area contributed by atoms with E-state index in [0.717, 1.165) is 35.1 Å². The summed E-state index contributed by atoms with van der Waals surface area (Å²) >= 11 is 0. The molecule has 3 aromatic rings. The SMILES string of the molecule is CCn1ncc2c(NC3CCOCC3)c(C(=O)NC(C)c3cccc(C#N)c3)cnc21. The number of pyridine rings is 1. The van der Waals surface area contributed by atoms with Crippen LogP contribution in [0.2, 0.25) is 0 Å². The Morgan fingerprint density at radius 2 is 2.16 bits per heavy atom. The molecule has 3 heterocycles. The summed E-state index contributed by atoms with van der Waals surface area (Å²) in [5.41, 5.74) is 3.43. The zero-order chi connectivity index (χ0) is 21.8. The van der Waals surface area contributed by atoms with Crippen LogP contribution in [-0.4, -0.2) is 39.9 Å². The minimum atomic E-state index is -0.259. The van der Waals surface area contributed by atoms with E-state index in [1.54, 1.807) is 24.5 Å². The predicted octanol–water partition coefficient (Wildman–Crippen LogP) is 3.40. The van der Waals surface area contributed by atoms with Gasteiger partial charge >= 0.3 is 0 Å². The number of hydrogen-bond donors (Lipinski definition) is 2. The molecule has 0 aliphatic carbocycles. The first-order valence-corrected chi connectivity index (χ1v) is 10.6. The van der Waals surface area contributed by atoms with Gasteiger partial charge in [0.15, 0.2) is 5.65 Å². The van der Waals surface area contributed by atoms with Gasteiger partial charge in [0, 0.05) is 32.0 Å². The standard InChI is InChI=1S/C23H26N6O2/c1-3-29-22-19(14-26-29)21(28-18-7-9-31-10-8-18)20(13-25-22)23(30)27-15(2)17-6-4-5-16(11-17)12-24/h4-6,11,13-15,18H,3,7-10H2,1-2H3,(H,25,28)(H,27,30). The van der Waals surface area contributed by atoms with E-state index >= 15 is 0 Å². The van der Waals surface area contributed by atoms with Crippen molar-refractivity contribution in [3.63, 3.8) is 0 Å². The first-order chi connectivity index (χ1) is 15.1. The second kappa shape index (κ2) is 9.14. The summed E-state index contributed by atoms with van der Waals surface area (Å²) < 4.78 is 7.30. The van der Waals surface area contributed by atoms with Crippen LogP contribution in [0.4, 0.5) is 5.69 Å². The van der Waals surface area contributed by atoms with Crippen molar-refractivity contribution < 1.29 is 9.53 Å². The lowest BCUT2D eigenvalue weighted by Crippen LogP contribution is -2.31. The molecule has 8 heteroatoms. The zero-order valence-corrected chi connectivity index (χ0v) is 17.8. The highest BCUT2D eigenvalue weighted by Crippen LogP contribution is 2.29. The van der Waals surface area contributed by atoms with Crippen molar-refractivity contribution in [1.29, 1.82) is 5.26 Å². The minimum absolute atomic E-state index is 0.219. The van der Waals surface area contributed by atoms with Gasteiger partial charge in [-0.25, -0.2) is 9.67 Å². The molecule has 1 fully saturated rings. The van der Waals surface area contributed by atoms with E-state index in [1.165, 1.54) is 0 Å². The third-order valence-electron chi connectivity index (χ3n) is 5.64. The van der Waals surface area contributed by atoms with Crippen LogP contribution in [0, 0.1) is 11.3 Å². The number of ether oxygens (including phenoxy) is 1. The molecule has 2 aromatic heterocycles. The molecule has 2 N–H and O–H groups in total. The van der Waals surface area contributed by atoms with E-state index in [4.69, 9.17) is 10.00 Å². The number of aromatic nitrogens is 3. The number of hydrogen-bond acceptors (Lipinski definition) is 6. The van der Waals surface area contributed by atoms with Crippen molar-refractivity contribution >= 4 is 22.6 Å². The number of nitriles is 1. The summed E-state index contributed by atoms with van der Waals surface area (Å²) in [6, 6.07) is 9.36. The molecule has 1 aliphatic rings. The van der Waals surface area contributed by atoms with Gasteiger partial charge in [-0.2, -0.15) is 10.4 Å². The maximum atomic E-state index is 13.3. The molecule has 1 saturated heterocycles. The summed E-state index contributed by atoms with van der Waals surface area (Å²) in [7, 11) is 0. The monoisotopic (exact) mass is 418 g/mol. The van der Waals surface area contributed by atoms with Crippen molar-refractivity contribution in [2.24, 2.45) is 0 Å². The van der Waals surface area contributed by atoms with Crippen LogP contribution in [0.3, 0.4) is 0 Å². The Morgan fingerprint density at radius 1 is 1.35 bits per heavy atom. The number of fused-ring (bicyclic) bond motifs is 1. The quantitative estimate of drug-likeness (QED) is 0.636. The van der Waals surface area contributed by atoms with Gasteiger partial charge in [0.25, 0.3) is 5.91 Å². The number of rotatable bonds is 6. The third kappa shape index (κ3) is 4.37. The van der Waals surface area contributed by atoms with E-state index < -0.39 is 0 Å². The minimum Gasteiger partial charge on any atom is -0.381 e. The molecular weight excluding hydrogens is 392 g/mol. The molecule has 0 saturated carbocycles. The van der Waals surface area contributed by atoms with Gasteiger partial charge in [0.2, 0.25) is 0 Å². The first-order valence-electron chi connectivity index (χ1n) is 10.6. The van der Waals surface area contributed by atoms with Crippen molar-refractivity contribution in [3.05, 3.63) is 53.3 Å². The summed E-state index contributed by atoms with van der Waals surface area (Å²) in [5, 5.41) is 21.0. The fourth-order valence-corrected chi connectivity index (χ4v) is 3.87. The second-order valence-electron chi connectivity index (χ2n) is 7.71. The van der Waals surface area contributed by atoms with Crippen LogP contribution in [-0.2, 0) is 11.3 Å². The Bertz CT molecular complexity index is 1130. The van der Waals surface area contributed by atoms with Crippen LogP contribution in [0.25, 0.3) is 11.0 Å². The summed E-state index contributed by atoms with van der Waals surface area (Å²) in [6.45, 7) is 6.02. The summed E-state index contributed by atoms with van der Waals surface area (Å²) in [6.07, 6.45) is 5.14. The zero-order valence-electron chi connectivity index (χ0n) is 17.8. The van der Waals surface area contributed by atoms with Gasteiger partial charge in [0.1, 0.15) is 0 Å². The molecule has 31 heavy (non-hydrogen) atoms. The Kier molecular flexibility index (Phi) is 6.14. The van der Waals surface area contributed by atoms with Gasteiger partial charge in [-0.1, -0.05) is 12.1 Å². The van der Waals surface area contributed by atoms with E-state index in [9.17, 15) is 4.79 Å². The number of nitrogens with one attached hydrogen (secondary N) is 2. The van der Waals surface area contributed by atoms with Gasteiger partial charge in [-0.3, -0.25) is 4.79 Å². The number of carbonyl (C=O) groups is 1. The molecule has 1 unspecified atom stereocenters. The lowest BCUT2D eigenvalue weighted by atomic mass is 10.0. The van der Waals surface area contributed by atoms with Crippen molar-refractivity contribution in [1.82, 2.24) is 20.1 Å². The van der Waals surface area contributed by atoms with Crippen molar-refractivity contribution in [3.8, 4) is 6.07 Å². The molecule has 4 rings (SSSR count). The number of benzene rings is 1. The highest BCUT2D eigenvalue weighted by atomic mass is 16.5. The van der Waals surface area contributed by atoms with Crippen LogP contribution in [0.1, 0.15) is 54.2 Å². The number of aryl methyl sites for hydroxylation is 1. The first kappa shape index (κ1) is 20.8. The topological polar surface area (TPSA) is 105 Å². The normalized spacial score (nSPS) is 15.4. The lowest BCUT2D eigenvalue weighted by molar-refractivity contribution is 0.0903. The molecule has 1 amide bonds. The fourth-order valence-electron chi connectivity index (χ4n) is 3.87. The van der Waals surface area contributed by atoms with Gasteiger partial charge in [0.05, 0.1) is 40.5 Å². The van der Waals surface area contributed by atoms with Gasteiger partial charge in [-0.15, -0.1) is 0 Å². The molecule has 1 aromatic carbocycles.